The molecule has 1 saturated heterocycles. The second kappa shape index (κ2) is 10.0. The van der Waals surface area contributed by atoms with Crippen molar-refractivity contribution in [2.45, 2.75) is 45.6 Å². The predicted molar refractivity (Wildman–Crippen MR) is 128 cm³/mol. The number of aryl methyl sites for hydroxylation is 1. The Balaban J connectivity index is 1.24. The second-order valence-electron chi connectivity index (χ2n) is 9.12. The lowest BCUT2D eigenvalue weighted by Gasteiger charge is -2.34. The van der Waals surface area contributed by atoms with Crippen molar-refractivity contribution in [1.29, 1.82) is 0 Å². The molecule has 0 bridgehead atoms. The minimum Gasteiger partial charge on any atom is -0.353 e. The second-order valence-corrected chi connectivity index (χ2v) is 9.12. The molecule has 1 fully saturated rings. The van der Waals surface area contributed by atoms with E-state index >= 15 is 0 Å². The van der Waals surface area contributed by atoms with Gasteiger partial charge in [0.25, 0.3) is 5.91 Å². The molecule has 1 aliphatic rings. The monoisotopic (exact) mass is 431 g/mol. The molecular formula is C27H33N3O2. The molecule has 4 rings (SSSR count). The van der Waals surface area contributed by atoms with E-state index in [1.54, 1.807) is 0 Å². The van der Waals surface area contributed by atoms with E-state index in [1.807, 2.05) is 48.2 Å². The number of fused-ring (bicyclic) bond motifs is 1. The molecule has 2 heterocycles. The van der Waals surface area contributed by atoms with Gasteiger partial charge in [0, 0.05) is 36.0 Å². The first-order chi connectivity index (χ1) is 15.5. The number of hydrogen-bond donors (Lipinski definition) is 2. The Morgan fingerprint density at radius 3 is 2.44 bits per heavy atom. The number of likely N-dealkylation sites (tertiary alicyclic amines) is 1. The van der Waals surface area contributed by atoms with Gasteiger partial charge in [-0.15, -0.1) is 0 Å². The molecule has 2 aromatic carbocycles. The summed E-state index contributed by atoms with van der Waals surface area (Å²) in [5.41, 5.74) is 2.92. The van der Waals surface area contributed by atoms with Gasteiger partial charge in [0.2, 0.25) is 5.91 Å². The third kappa shape index (κ3) is 5.21. The number of rotatable bonds is 7. The van der Waals surface area contributed by atoms with Crippen LogP contribution < -0.4 is 5.32 Å². The number of para-hydroxylation sites is 1. The lowest BCUT2D eigenvalue weighted by atomic mass is 9.84. The molecule has 5 nitrogen and oxygen atoms in total. The maximum atomic E-state index is 12.9. The molecule has 32 heavy (non-hydrogen) atoms. The normalized spacial score (nSPS) is 16.6. The lowest BCUT2D eigenvalue weighted by molar-refractivity contribution is -0.127. The van der Waals surface area contributed by atoms with Crippen LogP contribution in [0.4, 0.5) is 0 Å². The van der Waals surface area contributed by atoms with Crippen LogP contribution in [0.25, 0.3) is 10.9 Å². The Morgan fingerprint density at radius 2 is 1.72 bits per heavy atom. The summed E-state index contributed by atoms with van der Waals surface area (Å²) in [5.74, 6) is 0.444. The van der Waals surface area contributed by atoms with Crippen molar-refractivity contribution in [3.63, 3.8) is 0 Å². The van der Waals surface area contributed by atoms with E-state index in [-0.39, 0.29) is 23.8 Å². The number of benzene rings is 2. The first-order valence-electron chi connectivity index (χ1n) is 11.7. The van der Waals surface area contributed by atoms with Gasteiger partial charge in [-0.2, -0.15) is 0 Å². The largest absolute Gasteiger partial charge is 0.353 e. The van der Waals surface area contributed by atoms with E-state index in [2.05, 4.69) is 41.5 Å². The van der Waals surface area contributed by atoms with Crippen molar-refractivity contribution in [1.82, 2.24) is 15.2 Å². The molecule has 2 unspecified atom stereocenters. The van der Waals surface area contributed by atoms with Crippen molar-refractivity contribution in [2.24, 2.45) is 11.8 Å². The molecule has 3 aromatic rings. The number of carbonyl (C=O) groups excluding carboxylic acids is 2. The number of piperidine rings is 1. The number of nitrogens with one attached hydrogen (secondary N) is 2. The third-order valence-corrected chi connectivity index (χ3v) is 6.81. The highest BCUT2D eigenvalue weighted by Gasteiger charge is 2.31. The van der Waals surface area contributed by atoms with Gasteiger partial charge in [0.1, 0.15) is 5.69 Å². The summed E-state index contributed by atoms with van der Waals surface area (Å²) in [4.78, 5) is 30.9. The fraction of sp³-hybridized carbons (Fsp3) is 0.407. The molecular weight excluding hydrogens is 398 g/mol. The molecule has 2 atom stereocenters. The highest BCUT2D eigenvalue weighted by Crippen LogP contribution is 2.27. The van der Waals surface area contributed by atoms with Gasteiger partial charge in [0.05, 0.1) is 0 Å². The van der Waals surface area contributed by atoms with Crippen LogP contribution in [0.1, 0.15) is 49.2 Å². The van der Waals surface area contributed by atoms with Crippen LogP contribution in [0.5, 0.6) is 0 Å². The third-order valence-electron chi connectivity index (χ3n) is 6.81. The van der Waals surface area contributed by atoms with Gasteiger partial charge in [-0.3, -0.25) is 9.59 Å². The number of aromatic amines is 1. The summed E-state index contributed by atoms with van der Waals surface area (Å²) in [6.45, 7) is 5.49. The fourth-order valence-corrected chi connectivity index (χ4v) is 4.65. The van der Waals surface area contributed by atoms with Crippen molar-refractivity contribution in [2.75, 3.05) is 13.1 Å². The van der Waals surface area contributed by atoms with E-state index in [1.165, 1.54) is 5.56 Å². The van der Waals surface area contributed by atoms with Crippen LogP contribution in [0.3, 0.4) is 0 Å². The summed E-state index contributed by atoms with van der Waals surface area (Å²) in [6, 6.07) is 20.4. The summed E-state index contributed by atoms with van der Waals surface area (Å²) in [5, 5.41) is 4.25. The van der Waals surface area contributed by atoms with Gasteiger partial charge in [0.15, 0.2) is 0 Å². The maximum absolute atomic E-state index is 12.9. The molecule has 0 spiro atoms. The number of aromatic nitrogens is 1. The Bertz CT molecular complexity index is 1020. The summed E-state index contributed by atoms with van der Waals surface area (Å²) in [7, 11) is 0. The molecule has 0 aliphatic carbocycles. The molecule has 1 aliphatic heterocycles. The van der Waals surface area contributed by atoms with Gasteiger partial charge in [-0.05, 0) is 56.2 Å². The van der Waals surface area contributed by atoms with E-state index in [0.29, 0.717) is 24.7 Å². The quantitative estimate of drug-likeness (QED) is 0.565. The molecule has 0 saturated carbocycles. The standard InChI is InChI=1S/C27H33N3O2/c1-19(12-13-21-8-4-3-5-9-21)28-26(31)20(2)22-14-16-30(17-15-22)27(32)25-18-23-10-6-7-11-24(23)29-25/h3-11,18-20,22,29H,12-17H2,1-2H3,(H,28,31). The van der Waals surface area contributed by atoms with Gasteiger partial charge >= 0.3 is 0 Å². The SMILES string of the molecule is CC(CCc1ccccc1)NC(=O)C(C)C1CCN(C(=O)c2cc3ccccc3[nH]2)CC1. The molecule has 5 heteroatoms. The van der Waals surface area contributed by atoms with Crippen LogP contribution in [0.2, 0.25) is 0 Å². The van der Waals surface area contributed by atoms with Crippen molar-refractivity contribution in [3.05, 3.63) is 71.9 Å². The Morgan fingerprint density at radius 1 is 1.03 bits per heavy atom. The highest BCUT2D eigenvalue weighted by molar-refractivity contribution is 5.98. The zero-order valence-corrected chi connectivity index (χ0v) is 19.0. The highest BCUT2D eigenvalue weighted by atomic mass is 16.2. The molecule has 1 aromatic heterocycles. The Kier molecular flexibility index (Phi) is 6.93. The smallest absolute Gasteiger partial charge is 0.270 e. The van der Waals surface area contributed by atoms with E-state index in [9.17, 15) is 9.59 Å². The first-order valence-corrected chi connectivity index (χ1v) is 11.7. The topological polar surface area (TPSA) is 65.2 Å². The van der Waals surface area contributed by atoms with Crippen molar-refractivity contribution in [3.8, 4) is 0 Å². The number of carbonyl (C=O) groups is 2. The number of hydrogen-bond acceptors (Lipinski definition) is 2. The van der Waals surface area contributed by atoms with Crippen LogP contribution in [0, 0.1) is 11.8 Å². The van der Waals surface area contributed by atoms with E-state index in [4.69, 9.17) is 0 Å². The summed E-state index contributed by atoms with van der Waals surface area (Å²) in [6.07, 6.45) is 3.61. The van der Waals surface area contributed by atoms with Crippen molar-refractivity contribution >= 4 is 22.7 Å². The minimum absolute atomic E-state index is 0.0421. The molecule has 168 valence electrons. The Hall–Kier alpha value is -3.08. The average molecular weight is 432 g/mol. The zero-order valence-electron chi connectivity index (χ0n) is 19.0. The Labute approximate surface area is 190 Å². The lowest BCUT2D eigenvalue weighted by Crippen LogP contribution is -2.44. The summed E-state index contributed by atoms with van der Waals surface area (Å²) >= 11 is 0. The van der Waals surface area contributed by atoms with Gasteiger partial charge < -0.3 is 15.2 Å². The van der Waals surface area contributed by atoms with Crippen molar-refractivity contribution < 1.29 is 9.59 Å². The molecule has 0 radical (unpaired) electrons. The van der Waals surface area contributed by atoms with E-state index < -0.39 is 0 Å². The predicted octanol–water partition coefficient (Wildman–Crippen LogP) is 4.79. The minimum atomic E-state index is -0.0421. The van der Waals surface area contributed by atoms with Gasteiger partial charge in [-0.25, -0.2) is 0 Å². The number of nitrogens with zero attached hydrogens (tertiary/aromatic N) is 1. The average Bonchev–Trinajstić information content (AvgIpc) is 3.27. The maximum Gasteiger partial charge on any atom is 0.270 e. The van der Waals surface area contributed by atoms with Gasteiger partial charge in [-0.1, -0.05) is 55.5 Å². The number of H-pyrrole nitrogens is 1. The van der Waals surface area contributed by atoms with Crippen LogP contribution in [-0.4, -0.2) is 40.8 Å². The molecule has 2 amide bonds. The first kappa shape index (κ1) is 22.1. The fourth-order valence-electron chi connectivity index (χ4n) is 4.65. The summed E-state index contributed by atoms with van der Waals surface area (Å²) < 4.78 is 0. The van der Waals surface area contributed by atoms with Crippen LogP contribution in [0.15, 0.2) is 60.7 Å². The van der Waals surface area contributed by atoms with Crippen LogP contribution in [-0.2, 0) is 11.2 Å². The molecule has 2 N–H and O–H groups in total. The van der Waals surface area contributed by atoms with E-state index in [0.717, 1.165) is 36.6 Å². The number of amides is 2. The zero-order chi connectivity index (χ0) is 22.5. The van der Waals surface area contributed by atoms with Crippen LogP contribution >= 0.6 is 0 Å².